The van der Waals surface area contributed by atoms with Gasteiger partial charge in [0.1, 0.15) is 5.82 Å². The van der Waals surface area contributed by atoms with Gasteiger partial charge in [-0.25, -0.2) is 4.39 Å². The highest BCUT2D eigenvalue weighted by molar-refractivity contribution is 9.10. The number of fused-ring (bicyclic) bond motifs is 1. The zero-order valence-corrected chi connectivity index (χ0v) is 17.9. The molecule has 1 saturated heterocycles. The molecule has 2 aliphatic rings. The third kappa shape index (κ3) is 3.89. The van der Waals surface area contributed by atoms with E-state index in [1.54, 1.807) is 19.2 Å². The summed E-state index contributed by atoms with van der Waals surface area (Å²) < 4.78 is 20.3. The zero-order chi connectivity index (χ0) is 21.4. The summed E-state index contributed by atoms with van der Waals surface area (Å²) in [6.07, 6.45) is 1.59. The van der Waals surface area contributed by atoms with E-state index in [2.05, 4.69) is 15.9 Å². The maximum atomic E-state index is 14.0. The van der Waals surface area contributed by atoms with Gasteiger partial charge in [0.05, 0.1) is 23.8 Å². The smallest absolute Gasteiger partial charge is 0.261 e. The SMILES string of the molecule is CN(Cc1cc(Br)ccc1F)C(=O)c1ccc2c(c1)C(=O)N(CC1CCCO1)C2=O. The summed E-state index contributed by atoms with van der Waals surface area (Å²) in [5.41, 5.74) is 1.14. The molecule has 156 valence electrons. The minimum Gasteiger partial charge on any atom is -0.376 e. The minimum atomic E-state index is -0.416. The highest BCUT2D eigenvalue weighted by atomic mass is 79.9. The van der Waals surface area contributed by atoms with Crippen LogP contribution in [0.2, 0.25) is 0 Å². The second-order valence-electron chi connectivity index (χ2n) is 7.51. The fourth-order valence-electron chi connectivity index (χ4n) is 3.79. The summed E-state index contributed by atoms with van der Waals surface area (Å²) in [6, 6.07) is 9.02. The average Bonchev–Trinajstić information content (AvgIpc) is 3.33. The summed E-state index contributed by atoms with van der Waals surface area (Å²) in [6.45, 7) is 0.925. The van der Waals surface area contributed by atoms with E-state index in [1.807, 2.05) is 0 Å². The second kappa shape index (κ2) is 8.28. The topological polar surface area (TPSA) is 66.9 Å². The number of halogens is 2. The van der Waals surface area contributed by atoms with Gasteiger partial charge in [-0.15, -0.1) is 0 Å². The van der Waals surface area contributed by atoms with Crippen LogP contribution in [0.15, 0.2) is 40.9 Å². The number of imide groups is 1. The molecule has 8 heteroatoms. The first-order valence-corrected chi connectivity index (χ1v) is 10.5. The maximum Gasteiger partial charge on any atom is 0.261 e. The molecule has 0 saturated carbocycles. The lowest BCUT2D eigenvalue weighted by atomic mass is 10.0. The molecule has 0 N–H and O–H groups in total. The molecule has 30 heavy (non-hydrogen) atoms. The largest absolute Gasteiger partial charge is 0.376 e. The van der Waals surface area contributed by atoms with E-state index in [4.69, 9.17) is 4.74 Å². The van der Waals surface area contributed by atoms with Gasteiger partial charge in [-0.05, 0) is 49.2 Å². The van der Waals surface area contributed by atoms with Gasteiger partial charge >= 0.3 is 0 Å². The van der Waals surface area contributed by atoms with E-state index in [-0.39, 0.29) is 47.7 Å². The first-order valence-electron chi connectivity index (χ1n) is 9.66. The highest BCUT2D eigenvalue weighted by Gasteiger charge is 2.38. The van der Waals surface area contributed by atoms with Crippen molar-refractivity contribution < 1.29 is 23.5 Å². The van der Waals surface area contributed by atoms with Crippen molar-refractivity contribution in [3.05, 3.63) is 68.9 Å². The van der Waals surface area contributed by atoms with Crippen LogP contribution in [-0.2, 0) is 11.3 Å². The van der Waals surface area contributed by atoms with Crippen molar-refractivity contribution in [2.45, 2.75) is 25.5 Å². The number of rotatable bonds is 5. The molecule has 0 aromatic heterocycles. The predicted octanol–water partition coefficient (Wildman–Crippen LogP) is 3.64. The van der Waals surface area contributed by atoms with Gasteiger partial charge in [0.15, 0.2) is 0 Å². The van der Waals surface area contributed by atoms with E-state index < -0.39 is 11.7 Å². The Morgan fingerprint density at radius 2 is 1.97 bits per heavy atom. The normalized spacial score (nSPS) is 18.1. The van der Waals surface area contributed by atoms with Crippen molar-refractivity contribution in [2.75, 3.05) is 20.2 Å². The quantitative estimate of drug-likeness (QED) is 0.620. The Hall–Kier alpha value is -2.58. The number of benzene rings is 2. The standard InChI is InChI=1S/C22H20BrFN2O4/c1-25(11-14-9-15(23)5-7-19(14)24)20(27)13-4-6-17-18(10-13)22(29)26(21(17)28)12-16-3-2-8-30-16/h4-7,9-10,16H,2-3,8,11-12H2,1H3. The Bertz CT molecular complexity index is 1040. The maximum absolute atomic E-state index is 14.0. The summed E-state index contributed by atoms with van der Waals surface area (Å²) in [4.78, 5) is 40.8. The minimum absolute atomic E-state index is 0.0687. The van der Waals surface area contributed by atoms with Crippen LogP contribution < -0.4 is 0 Å². The highest BCUT2D eigenvalue weighted by Crippen LogP contribution is 2.27. The van der Waals surface area contributed by atoms with Gasteiger partial charge in [0.2, 0.25) is 0 Å². The molecular formula is C22H20BrFN2O4. The molecule has 2 aromatic rings. The van der Waals surface area contributed by atoms with Crippen LogP contribution >= 0.6 is 15.9 Å². The molecular weight excluding hydrogens is 455 g/mol. The molecule has 2 aliphatic heterocycles. The first-order chi connectivity index (χ1) is 14.3. The average molecular weight is 475 g/mol. The number of nitrogens with zero attached hydrogens (tertiary/aromatic N) is 2. The number of carbonyl (C=O) groups is 3. The molecule has 6 nitrogen and oxygen atoms in total. The van der Waals surface area contributed by atoms with E-state index >= 15 is 0 Å². The van der Waals surface area contributed by atoms with Crippen LogP contribution in [0.5, 0.6) is 0 Å². The molecule has 0 aliphatic carbocycles. The van der Waals surface area contributed by atoms with Crippen molar-refractivity contribution in [2.24, 2.45) is 0 Å². The molecule has 0 radical (unpaired) electrons. The van der Waals surface area contributed by atoms with Crippen LogP contribution in [0.25, 0.3) is 0 Å². The summed E-state index contributed by atoms with van der Waals surface area (Å²) in [5.74, 6) is -1.55. The third-order valence-electron chi connectivity index (χ3n) is 5.39. The summed E-state index contributed by atoms with van der Waals surface area (Å²) in [7, 11) is 1.56. The van der Waals surface area contributed by atoms with Crippen LogP contribution in [-0.4, -0.2) is 53.8 Å². The Labute approximate surface area is 181 Å². The van der Waals surface area contributed by atoms with Gasteiger partial charge in [-0.2, -0.15) is 0 Å². The lowest BCUT2D eigenvalue weighted by molar-refractivity contribution is 0.0475. The Morgan fingerprint density at radius 3 is 2.70 bits per heavy atom. The number of carbonyl (C=O) groups excluding carboxylic acids is 3. The third-order valence-corrected chi connectivity index (χ3v) is 5.88. The molecule has 1 fully saturated rings. The van der Waals surface area contributed by atoms with Gasteiger partial charge in [0, 0.05) is 35.8 Å². The Balaban J connectivity index is 1.52. The fraction of sp³-hybridized carbons (Fsp3) is 0.318. The Morgan fingerprint density at radius 1 is 1.20 bits per heavy atom. The van der Waals surface area contributed by atoms with Crippen LogP contribution in [0, 0.1) is 5.82 Å². The van der Waals surface area contributed by atoms with E-state index in [1.165, 1.54) is 34.1 Å². The van der Waals surface area contributed by atoms with Gasteiger partial charge in [-0.3, -0.25) is 19.3 Å². The molecule has 4 rings (SSSR count). The summed E-state index contributed by atoms with van der Waals surface area (Å²) >= 11 is 3.30. The van der Waals surface area contributed by atoms with Crippen LogP contribution in [0.1, 0.15) is 49.5 Å². The van der Waals surface area contributed by atoms with Crippen molar-refractivity contribution in [1.82, 2.24) is 9.80 Å². The molecule has 1 atom stereocenters. The van der Waals surface area contributed by atoms with Gasteiger partial charge in [-0.1, -0.05) is 15.9 Å². The molecule has 0 spiro atoms. The van der Waals surface area contributed by atoms with E-state index in [9.17, 15) is 18.8 Å². The molecule has 1 unspecified atom stereocenters. The van der Waals surface area contributed by atoms with E-state index in [0.717, 1.165) is 12.8 Å². The Kier molecular flexibility index (Phi) is 5.71. The predicted molar refractivity (Wildman–Crippen MR) is 111 cm³/mol. The van der Waals surface area contributed by atoms with Crippen LogP contribution in [0.3, 0.4) is 0 Å². The fourth-order valence-corrected chi connectivity index (χ4v) is 4.20. The zero-order valence-electron chi connectivity index (χ0n) is 16.4. The summed E-state index contributed by atoms with van der Waals surface area (Å²) in [5, 5.41) is 0. The van der Waals surface area contributed by atoms with Crippen molar-refractivity contribution in [1.29, 1.82) is 0 Å². The van der Waals surface area contributed by atoms with Crippen molar-refractivity contribution in [3.63, 3.8) is 0 Å². The lowest BCUT2D eigenvalue weighted by Gasteiger charge is -2.18. The van der Waals surface area contributed by atoms with Crippen molar-refractivity contribution >= 4 is 33.7 Å². The van der Waals surface area contributed by atoms with Crippen LogP contribution in [0.4, 0.5) is 4.39 Å². The monoisotopic (exact) mass is 474 g/mol. The number of hydrogen-bond donors (Lipinski definition) is 0. The lowest BCUT2D eigenvalue weighted by Crippen LogP contribution is -2.36. The first kappa shape index (κ1) is 20.7. The molecule has 2 aromatic carbocycles. The van der Waals surface area contributed by atoms with E-state index in [0.29, 0.717) is 16.6 Å². The van der Waals surface area contributed by atoms with Gasteiger partial charge in [0.25, 0.3) is 17.7 Å². The molecule has 2 heterocycles. The molecule has 3 amide bonds. The molecule has 0 bridgehead atoms. The van der Waals surface area contributed by atoms with Gasteiger partial charge < -0.3 is 9.64 Å². The number of ether oxygens (including phenoxy) is 1. The second-order valence-corrected chi connectivity index (χ2v) is 8.43. The van der Waals surface area contributed by atoms with Crippen molar-refractivity contribution in [3.8, 4) is 0 Å². The number of amides is 3. The number of hydrogen-bond acceptors (Lipinski definition) is 4.